The Morgan fingerprint density at radius 2 is 1.95 bits per heavy atom. The number of likely N-dealkylation sites (tertiary alicyclic amines) is 1. The highest BCUT2D eigenvalue weighted by Crippen LogP contribution is 2.23. The molecule has 0 aliphatic carbocycles. The Morgan fingerprint density at radius 3 is 2.79 bits per heavy atom. The number of rotatable bonds is 2. The molecule has 0 amide bonds. The quantitative estimate of drug-likeness (QED) is 0.817. The number of nitrogens with zero attached hydrogens (tertiary/aromatic N) is 1. The van der Waals surface area contributed by atoms with Crippen LogP contribution in [0.15, 0.2) is 42.5 Å². The second kappa shape index (κ2) is 5.14. The highest BCUT2D eigenvalue weighted by molar-refractivity contribution is 5.85. The van der Waals surface area contributed by atoms with Crippen LogP contribution in [0.3, 0.4) is 0 Å². The van der Waals surface area contributed by atoms with E-state index in [2.05, 4.69) is 54.3 Å². The van der Waals surface area contributed by atoms with Crippen molar-refractivity contribution in [2.45, 2.75) is 32.4 Å². The Hall–Kier alpha value is -1.67. The van der Waals surface area contributed by atoms with Crippen LogP contribution in [0.5, 0.6) is 0 Å². The van der Waals surface area contributed by atoms with E-state index < -0.39 is 0 Å². The van der Waals surface area contributed by atoms with Crippen molar-refractivity contribution >= 4 is 16.6 Å². The molecule has 0 aromatic heterocycles. The fraction of sp³-hybridized carbons (Fsp3) is 0.353. The number of Topliss-reactive ketones (excluding diaryl/α,β-unsaturated/α-hetero) is 1. The molecule has 1 aliphatic heterocycles. The predicted molar refractivity (Wildman–Crippen MR) is 78.1 cm³/mol. The summed E-state index contributed by atoms with van der Waals surface area (Å²) in [6.07, 6.45) is 1.40. The molecule has 1 saturated heterocycles. The van der Waals surface area contributed by atoms with E-state index in [9.17, 15) is 4.79 Å². The second-order valence-electron chi connectivity index (χ2n) is 5.45. The summed E-state index contributed by atoms with van der Waals surface area (Å²) in [5.74, 6) is 0.404. The zero-order valence-corrected chi connectivity index (χ0v) is 11.3. The van der Waals surface area contributed by atoms with Gasteiger partial charge in [-0.15, -0.1) is 0 Å². The molecule has 2 nitrogen and oxygen atoms in total. The summed E-state index contributed by atoms with van der Waals surface area (Å²) in [6, 6.07) is 15.3. The standard InChI is InChI=1S/C17H19NO/c1-13-11-16(19)9-10-18(13)12-15-7-4-6-14-5-2-3-8-17(14)15/h2-8,13H,9-12H2,1H3. The molecule has 1 aliphatic rings. The zero-order chi connectivity index (χ0) is 13.2. The van der Waals surface area contributed by atoms with E-state index in [1.165, 1.54) is 16.3 Å². The molecule has 19 heavy (non-hydrogen) atoms. The van der Waals surface area contributed by atoms with Gasteiger partial charge in [0.25, 0.3) is 0 Å². The summed E-state index contributed by atoms with van der Waals surface area (Å²) in [5.41, 5.74) is 1.36. The van der Waals surface area contributed by atoms with Crippen LogP contribution < -0.4 is 0 Å². The van der Waals surface area contributed by atoms with Crippen molar-refractivity contribution in [3.63, 3.8) is 0 Å². The lowest BCUT2D eigenvalue weighted by atomic mass is 9.99. The van der Waals surface area contributed by atoms with Gasteiger partial charge in [-0.3, -0.25) is 9.69 Å². The molecular weight excluding hydrogens is 234 g/mol. The molecule has 3 rings (SSSR count). The summed E-state index contributed by atoms with van der Waals surface area (Å²) in [4.78, 5) is 13.9. The monoisotopic (exact) mass is 253 g/mol. The maximum Gasteiger partial charge on any atom is 0.135 e. The number of carbonyl (C=O) groups is 1. The third-order valence-corrected chi connectivity index (χ3v) is 4.08. The zero-order valence-electron chi connectivity index (χ0n) is 11.3. The molecule has 0 saturated carbocycles. The van der Waals surface area contributed by atoms with E-state index in [0.29, 0.717) is 24.7 Å². The van der Waals surface area contributed by atoms with E-state index in [-0.39, 0.29) is 0 Å². The molecule has 0 N–H and O–H groups in total. The minimum atomic E-state index is 0.361. The maximum atomic E-state index is 11.5. The molecule has 1 unspecified atom stereocenters. The minimum absolute atomic E-state index is 0.361. The van der Waals surface area contributed by atoms with E-state index in [1.54, 1.807) is 0 Å². The van der Waals surface area contributed by atoms with Crippen LogP contribution in [0.2, 0.25) is 0 Å². The molecule has 0 spiro atoms. The average molecular weight is 253 g/mol. The van der Waals surface area contributed by atoms with Crippen LogP contribution in [-0.4, -0.2) is 23.3 Å². The lowest BCUT2D eigenvalue weighted by molar-refractivity contribution is -0.123. The lowest BCUT2D eigenvalue weighted by Gasteiger charge is -2.32. The van der Waals surface area contributed by atoms with Gasteiger partial charge in [0.1, 0.15) is 5.78 Å². The van der Waals surface area contributed by atoms with Crippen molar-refractivity contribution in [3.05, 3.63) is 48.0 Å². The van der Waals surface area contributed by atoms with Crippen molar-refractivity contribution in [2.75, 3.05) is 6.54 Å². The van der Waals surface area contributed by atoms with Gasteiger partial charge < -0.3 is 0 Å². The average Bonchev–Trinajstić information content (AvgIpc) is 2.42. The number of hydrogen-bond acceptors (Lipinski definition) is 2. The smallest absolute Gasteiger partial charge is 0.135 e. The maximum absolute atomic E-state index is 11.5. The van der Waals surface area contributed by atoms with Crippen molar-refractivity contribution < 1.29 is 4.79 Å². The first-order valence-corrected chi connectivity index (χ1v) is 6.96. The third-order valence-electron chi connectivity index (χ3n) is 4.08. The highest BCUT2D eigenvalue weighted by Gasteiger charge is 2.23. The van der Waals surface area contributed by atoms with E-state index in [0.717, 1.165) is 13.1 Å². The molecular formula is C17H19NO. The molecule has 1 fully saturated rings. The molecule has 2 heteroatoms. The Morgan fingerprint density at radius 1 is 1.16 bits per heavy atom. The third kappa shape index (κ3) is 2.54. The first kappa shape index (κ1) is 12.4. The first-order valence-electron chi connectivity index (χ1n) is 6.96. The minimum Gasteiger partial charge on any atom is -0.300 e. The van der Waals surface area contributed by atoms with Crippen molar-refractivity contribution in [2.24, 2.45) is 0 Å². The fourth-order valence-electron chi connectivity index (χ4n) is 2.93. The van der Waals surface area contributed by atoms with E-state index in [4.69, 9.17) is 0 Å². The van der Waals surface area contributed by atoms with Crippen LogP contribution in [0.25, 0.3) is 10.8 Å². The van der Waals surface area contributed by atoms with Gasteiger partial charge in [0.2, 0.25) is 0 Å². The van der Waals surface area contributed by atoms with Crippen LogP contribution in [0.4, 0.5) is 0 Å². The number of hydrogen-bond donors (Lipinski definition) is 0. The van der Waals surface area contributed by atoms with Crippen molar-refractivity contribution in [1.82, 2.24) is 4.90 Å². The molecule has 1 heterocycles. The largest absolute Gasteiger partial charge is 0.300 e. The Kier molecular flexibility index (Phi) is 3.34. The fourth-order valence-corrected chi connectivity index (χ4v) is 2.93. The van der Waals surface area contributed by atoms with Gasteiger partial charge in [0, 0.05) is 32.0 Å². The normalized spacial score (nSPS) is 20.9. The number of ketones is 1. The van der Waals surface area contributed by atoms with Gasteiger partial charge in [-0.2, -0.15) is 0 Å². The van der Waals surface area contributed by atoms with E-state index in [1.807, 2.05) is 0 Å². The summed E-state index contributed by atoms with van der Waals surface area (Å²) >= 11 is 0. The lowest BCUT2D eigenvalue weighted by Crippen LogP contribution is -2.40. The molecule has 0 radical (unpaired) electrons. The second-order valence-corrected chi connectivity index (χ2v) is 5.45. The van der Waals surface area contributed by atoms with Crippen LogP contribution in [0, 0.1) is 0 Å². The predicted octanol–water partition coefficient (Wildman–Crippen LogP) is 3.39. The highest BCUT2D eigenvalue weighted by atomic mass is 16.1. The van der Waals surface area contributed by atoms with Gasteiger partial charge >= 0.3 is 0 Å². The number of fused-ring (bicyclic) bond motifs is 1. The Labute approximate surface area is 114 Å². The van der Waals surface area contributed by atoms with Gasteiger partial charge in [-0.1, -0.05) is 42.5 Å². The van der Waals surface area contributed by atoms with Gasteiger partial charge in [-0.25, -0.2) is 0 Å². The van der Waals surface area contributed by atoms with Gasteiger partial charge in [-0.05, 0) is 23.3 Å². The Balaban J connectivity index is 1.87. The number of piperidine rings is 1. The molecule has 0 bridgehead atoms. The topological polar surface area (TPSA) is 20.3 Å². The number of benzene rings is 2. The summed E-state index contributed by atoms with van der Waals surface area (Å²) in [5, 5.41) is 2.62. The summed E-state index contributed by atoms with van der Waals surface area (Å²) < 4.78 is 0. The SMILES string of the molecule is CC1CC(=O)CCN1Cc1cccc2ccccc12. The first-order chi connectivity index (χ1) is 9.24. The molecule has 2 aromatic rings. The van der Waals surface area contributed by atoms with Gasteiger partial charge in [0.05, 0.1) is 0 Å². The summed E-state index contributed by atoms with van der Waals surface area (Å²) in [7, 11) is 0. The molecule has 2 aromatic carbocycles. The molecule has 98 valence electrons. The number of carbonyl (C=O) groups excluding carboxylic acids is 1. The summed E-state index contributed by atoms with van der Waals surface area (Å²) in [6.45, 7) is 3.99. The van der Waals surface area contributed by atoms with E-state index >= 15 is 0 Å². The van der Waals surface area contributed by atoms with Crippen molar-refractivity contribution in [1.29, 1.82) is 0 Å². The molecule has 1 atom stereocenters. The van der Waals surface area contributed by atoms with Gasteiger partial charge in [0.15, 0.2) is 0 Å². The van der Waals surface area contributed by atoms with Crippen LogP contribution >= 0.6 is 0 Å². The Bertz CT molecular complexity index is 600. The van der Waals surface area contributed by atoms with Crippen LogP contribution in [0.1, 0.15) is 25.3 Å². The van der Waals surface area contributed by atoms with Crippen molar-refractivity contribution in [3.8, 4) is 0 Å². The van der Waals surface area contributed by atoms with Crippen LogP contribution in [-0.2, 0) is 11.3 Å².